The molecule has 5 heteroatoms. The number of hydrazone groups is 1. The molecule has 2 N–H and O–H groups in total. The average Bonchev–Trinajstić information content (AvgIpc) is 2.75. The maximum atomic E-state index is 10.9. The number of nitrogens with zero attached hydrogens (tertiary/aromatic N) is 3. The molecule has 0 unspecified atom stereocenters. The second-order valence-corrected chi connectivity index (χ2v) is 6.03. The van der Waals surface area contributed by atoms with Gasteiger partial charge in [0, 0.05) is 10.9 Å². The molecule has 5 nitrogen and oxygen atoms in total. The summed E-state index contributed by atoms with van der Waals surface area (Å²) in [7, 11) is 0. The molecule has 0 aliphatic carbocycles. The summed E-state index contributed by atoms with van der Waals surface area (Å²) in [5.74, 6) is 0.592. The minimum absolute atomic E-state index is 0.518. The van der Waals surface area contributed by atoms with Gasteiger partial charge in [-0.2, -0.15) is 5.10 Å². The Morgan fingerprint density at radius 2 is 1.48 bits per heavy atom. The van der Waals surface area contributed by atoms with Gasteiger partial charge in [0.1, 0.15) is 18.1 Å². The highest BCUT2D eigenvalue weighted by Crippen LogP contribution is 2.22. The molecule has 0 spiro atoms. The second kappa shape index (κ2) is 7.76. The van der Waals surface area contributed by atoms with Crippen molar-refractivity contribution in [2.75, 3.05) is 5.43 Å². The number of aromatic nitrogens is 2. The average molecular weight is 354 g/mol. The fourth-order valence-corrected chi connectivity index (χ4v) is 2.89. The Morgan fingerprint density at radius 3 is 2.26 bits per heavy atom. The van der Waals surface area contributed by atoms with Crippen LogP contribution in [0.2, 0.25) is 0 Å². The SMILES string of the molecule is O[C@@H](/C(=N\Nc1ncnc2ccccc12)c1ccccc1)c1ccccc1. The maximum absolute atomic E-state index is 10.9. The molecule has 4 aromatic rings. The minimum atomic E-state index is -0.866. The van der Waals surface area contributed by atoms with E-state index in [-0.39, 0.29) is 0 Å². The van der Waals surface area contributed by atoms with Gasteiger partial charge < -0.3 is 5.11 Å². The zero-order valence-electron chi connectivity index (χ0n) is 14.5. The molecule has 27 heavy (non-hydrogen) atoms. The van der Waals surface area contributed by atoms with Crippen LogP contribution in [0, 0.1) is 0 Å². The quantitative estimate of drug-likeness (QED) is 0.417. The number of hydrogen-bond acceptors (Lipinski definition) is 5. The summed E-state index contributed by atoms with van der Waals surface area (Å²) < 4.78 is 0. The third-order valence-electron chi connectivity index (χ3n) is 4.27. The summed E-state index contributed by atoms with van der Waals surface area (Å²) in [6.07, 6.45) is 0.630. The molecule has 0 saturated heterocycles. The van der Waals surface area contributed by atoms with E-state index in [1.54, 1.807) is 0 Å². The van der Waals surface area contributed by atoms with Crippen LogP contribution < -0.4 is 5.43 Å². The van der Waals surface area contributed by atoms with E-state index >= 15 is 0 Å². The number of anilines is 1. The topological polar surface area (TPSA) is 70.4 Å². The smallest absolute Gasteiger partial charge is 0.157 e. The fraction of sp³-hybridized carbons (Fsp3) is 0.0455. The third kappa shape index (κ3) is 3.68. The highest BCUT2D eigenvalue weighted by Gasteiger charge is 2.17. The van der Waals surface area contributed by atoms with Crippen LogP contribution in [0.5, 0.6) is 0 Å². The van der Waals surface area contributed by atoms with E-state index in [2.05, 4.69) is 20.5 Å². The predicted octanol–water partition coefficient (Wildman–Crippen LogP) is 4.18. The molecule has 0 aliphatic rings. The van der Waals surface area contributed by atoms with Gasteiger partial charge >= 0.3 is 0 Å². The molecular formula is C22H18N4O. The Morgan fingerprint density at radius 1 is 0.815 bits per heavy atom. The van der Waals surface area contributed by atoms with Crippen LogP contribution in [-0.2, 0) is 0 Å². The monoisotopic (exact) mass is 354 g/mol. The van der Waals surface area contributed by atoms with Crippen molar-refractivity contribution in [3.63, 3.8) is 0 Å². The molecule has 0 amide bonds. The first-order valence-electron chi connectivity index (χ1n) is 8.65. The van der Waals surface area contributed by atoms with Crippen LogP contribution >= 0.6 is 0 Å². The zero-order chi connectivity index (χ0) is 18.5. The number of rotatable bonds is 5. The van der Waals surface area contributed by atoms with Gasteiger partial charge in [-0.3, -0.25) is 5.43 Å². The molecule has 0 aliphatic heterocycles. The first kappa shape index (κ1) is 16.9. The molecule has 3 aromatic carbocycles. The molecule has 1 atom stereocenters. The second-order valence-electron chi connectivity index (χ2n) is 6.03. The summed E-state index contributed by atoms with van der Waals surface area (Å²) >= 11 is 0. The van der Waals surface area contributed by atoms with Crippen molar-refractivity contribution in [3.05, 3.63) is 102 Å². The molecule has 0 bridgehead atoms. The highest BCUT2D eigenvalue weighted by atomic mass is 16.3. The normalized spacial score (nSPS) is 12.7. The van der Waals surface area contributed by atoms with E-state index in [9.17, 15) is 5.11 Å². The van der Waals surface area contributed by atoms with Gasteiger partial charge in [-0.15, -0.1) is 0 Å². The Hall–Kier alpha value is -3.57. The summed E-state index contributed by atoms with van der Waals surface area (Å²) in [5, 5.41) is 16.3. The van der Waals surface area contributed by atoms with Crippen molar-refractivity contribution < 1.29 is 5.11 Å². The van der Waals surface area contributed by atoms with Gasteiger partial charge in [0.05, 0.1) is 5.52 Å². The van der Waals surface area contributed by atoms with Crippen LogP contribution in [0.15, 0.2) is 96.4 Å². The van der Waals surface area contributed by atoms with Crippen LogP contribution in [-0.4, -0.2) is 20.8 Å². The van der Waals surface area contributed by atoms with Gasteiger partial charge in [0.15, 0.2) is 5.82 Å². The van der Waals surface area contributed by atoms with E-state index in [1.807, 2.05) is 84.9 Å². The number of hydrogen-bond donors (Lipinski definition) is 2. The number of benzene rings is 3. The molecule has 0 radical (unpaired) electrons. The maximum Gasteiger partial charge on any atom is 0.157 e. The van der Waals surface area contributed by atoms with Crippen molar-refractivity contribution in [2.24, 2.45) is 5.10 Å². The van der Waals surface area contributed by atoms with Gasteiger partial charge in [-0.1, -0.05) is 72.8 Å². The molecule has 0 fully saturated rings. The number of nitrogens with one attached hydrogen (secondary N) is 1. The van der Waals surface area contributed by atoms with Crippen LogP contribution in [0.25, 0.3) is 10.9 Å². The van der Waals surface area contributed by atoms with E-state index < -0.39 is 6.10 Å². The van der Waals surface area contributed by atoms with E-state index in [4.69, 9.17) is 0 Å². The van der Waals surface area contributed by atoms with Gasteiger partial charge in [-0.25, -0.2) is 9.97 Å². The van der Waals surface area contributed by atoms with Crippen molar-refractivity contribution in [3.8, 4) is 0 Å². The van der Waals surface area contributed by atoms with Gasteiger partial charge in [0.2, 0.25) is 0 Å². The van der Waals surface area contributed by atoms with E-state index in [0.717, 1.165) is 22.0 Å². The Balaban J connectivity index is 1.74. The Kier molecular flexibility index (Phi) is 4.85. The van der Waals surface area contributed by atoms with Crippen molar-refractivity contribution in [1.29, 1.82) is 0 Å². The van der Waals surface area contributed by atoms with Crippen molar-refractivity contribution in [1.82, 2.24) is 9.97 Å². The Bertz CT molecular complexity index is 1060. The molecule has 4 rings (SSSR count). The lowest BCUT2D eigenvalue weighted by Crippen LogP contribution is -2.16. The fourth-order valence-electron chi connectivity index (χ4n) is 2.89. The number of fused-ring (bicyclic) bond motifs is 1. The molecule has 1 heterocycles. The first-order valence-corrected chi connectivity index (χ1v) is 8.65. The summed E-state index contributed by atoms with van der Waals surface area (Å²) in [4.78, 5) is 8.55. The first-order chi connectivity index (χ1) is 13.3. The van der Waals surface area contributed by atoms with Crippen LogP contribution in [0.1, 0.15) is 17.2 Å². The largest absolute Gasteiger partial charge is 0.382 e. The standard InChI is InChI=1S/C22H18N4O/c27-21(17-11-5-2-6-12-17)20(16-9-3-1-4-10-16)25-26-22-18-13-7-8-14-19(18)23-15-24-22/h1-15,21,27H,(H,23,24,26)/b25-20-/t21-/m1/s1. The van der Waals surface area contributed by atoms with Crippen molar-refractivity contribution >= 4 is 22.4 Å². The zero-order valence-corrected chi connectivity index (χ0v) is 14.5. The third-order valence-corrected chi connectivity index (χ3v) is 4.27. The lowest BCUT2D eigenvalue weighted by atomic mass is 9.99. The molecule has 1 aromatic heterocycles. The minimum Gasteiger partial charge on any atom is -0.382 e. The summed E-state index contributed by atoms with van der Waals surface area (Å²) in [6.45, 7) is 0. The lowest BCUT2D eigenvalue weighted by molar-refractivity contribution is 0.248. The Labute approximate surface area is 157 Å². The van der Waals surface area contributed by atoms with Gasteiger partial charge in [0.25, 0.3) is 0 Å². The van der Waals surface area contributed by atoms with Crippen LogP contribution in [0.4, 0.5) is 5.82 Å². The van der Waals surface area contributed by atoms with Gasteiger partial charge in [-0.05, 0) is 17.7 Å². The highest BCUT2D eigenvalue weighted by molar-refractivity contribution is 6.04. The van der Waals surface area contributed by atoms with E-state index in [1.165, 1.54) is 6.33 Å². The molecular weight excluding hydrogens is 336 g/mol. The van der Waals surface area contributed by atoms with Crippen molar-refractivity contribution in [2.45, 2.75) is 6.10 Å². The number of para-hydroxylation sites is 1. The number of aliphatic hydroxyl groups is 1. The molecule has 0 saturated carbocycles. The summed E-state index contributed by atoms with van der Waals surface area (Å²) in [5.41, 5.74) is 5.97. The van der Waals surface area contributed by atoms with E-state index in [0.29, 0.717) is 11.5 Å². The lowest BCUT2D eigenvalue weighted by Gasteiger charge is -2.15. The molecule has 132 valence electrons. The predicted molar refractivity (Wildman–Crippen MR) is 108 cm³/mol. The van der Waals surface area contributed by atoms with Crippen LogP contribution in [0.3, 0.4) is 0 Å². The number of aliphatic hydroxyl groups excluding tert-OH is 1. The summed E-state index contributed by atoms with van der Waals surface area (Å²) in [6, 6.07) is 26.8.